The summed E-state index contributed by atoms with van der Waals surface area (Å²) in [6.45, 7) is 2.99. The highest BCUT2D eigenvalue weighted by Gasteiger charge is 2.23. The standard InChI is InChI=1S/C13H17NO3/c1-8-4-9-5-11(13(15)16)12(17-3)6-10(9)7-14(8)2/h5-6,8H,4,7H2,1-3H3,(H,15,16). The van der Waals surface area contributed by atoms with Gasteiger partial charge in [0, 0.05) is 12.6 Å². The van der Waals surface area contributed by atoms with E-state index in [2.05, 4.69) is 18.9 Å². The van der Waals surface area contributed by atoms with Crippen molar-refractivity contribution >= 4 is 5.97 Å². The van der Waals surface area contributed by atoms with E-state index in [4.69, 9.17) is 9.84 Å². The molecule has 1 heterocycles. The first kappa shape index (κ1) is 11.9. The van der Waals surface area contributed by atoms with Gasteiger partial charge in [0.2, 0.25) is 0 Å². The van der Waals surface area contributed by atoms with E-state index in [1.165, 1.54) is 7.11 Å². The maximum atomic E-state index is 11.1. The zero-order valence-corrected chi connectivity index (χ0v) is 10.4. The molecule has 0 spiro atoms. The third-order valence-corrected chi connectivity index (χ3v) is 3.44. The summed E-state index contributed by atoms with van der Waals surface area (Å²) in [5, 5.41) is 9.13. The molecule has 0 saturated carbocycles. The van der Waals surface area contributed by atoms with Crippen LogP contribution in [-0.2, 0) is 13.0 Å². The van der Waals surface area contributed by atoms with Gasteiger partial charge in [-0.05, 0) is 43.7 Å². The van der Waals surface area contributed by atoms with Crippen molar-refractivity contribution in [3.8, 4) is 5.75 Å². The monoisotopic (exact) mass is 235 g/mol. The average molecular weight is 235 g/mol. The smallest absolute Gasteiger partial charge is 0.339 e. The Bertz CT molecular complexity index is 456. The first-order valence-corrected chi connectivity index (χ1v) is 5.66. The van der Waals surface area contributed by atoms with E-state index in [0.717, 1.165) is 24.1 Å². The van der Waals surface area contributed by atoms with Crippen LogP contribution in [0.1, 0.15) is 28.4 Å². The van der Waals surface area contributed by atoms with E-state index in [1.54, 1.807) is 6.07 Å². The molecule has 4 heteroatoms. The number of methoxy groups -OCH3 is 1. The molecule has 4 nitrogen and oxygen atoms in total. The van der Waals surface area contributed by atoms with Gasteiger partial charge < -0.3 is 9.84 Å². The Hall–Kier alpha value is -1.55. The van der Waals surface area contributed by atoms with Crippen molar-refractivity contribution in [3.63, 3.8) is 0 Å². The lowest BCUT2D eigenvalue weighted by atomic mass is 9.93. The van der Waals surface area contributed by atoms with E-state index < -0.39 is 5.97 Å². The first-order chi connectivity index (χ1) is 8.02. The predicted molar refractivity (Wildman–Crippen MR) is 64.6 cm³/mol. The van der Waals surface area contributed by atoms with Crippen LogP contribution in [0.2, 0.25) is 0 Å². The van der Waals surface area contributed by atoms with Gasteiger partial charge in [0.25, 0.3) is 0 Å². The molecule has 0 aliphatic carbocycles. The number of hydrogen-bond donors (Lipinski definition) is 1. The third-order valence-electron chi connectivity index (χ3n) is 3.44. The molecule has 0 aromatic heterocycles. The van der Waals surface area contributed by atoms with Crippen LogP contribution >= 0.6 is 0 Å². The van der Waals surface area contributed by atoms with Crippen LogP contribution in [0.25, 0.3) is 0 Å². The number of fused-ring (bicyclic) bond motifs is 1. The molecule has 0 radical (unpaired) electrons. The summed E-state index contributed by atoms with van der Waals surface area (Å²) in [6, 6.07) is 4.04. The minimum absolute atomic E-state index is 0.253. The first-order valence-electron chi connectivity index (χ1n) is 5.66. The molecule has 0 bridgehead atoms. The fourth-order valence-corrected chi connectivity index (χ4v) is 2.24. The van der Waals surface area contributed by atoms with Gasteiger partial charge in [-0.2, -0.15) is 0 Å². The lowest BCUT2D eigenvalue weighted by Crippen LogP contribution is -2.35. The fourth-order valence-electron chi connectivity index (χ4n) is 2.24. The van der Waals surface area contributed by atoms with Crippen molar-refractivity contribution in [1.29, 1.82) is 0 Å². The number of aromatic carboxylic acids is 1. The van der Waals surface area contributed by atoms with Gasteiger partial charge in [-0.15, -0.1) is 0 Å². The Labute approximate surface area is 101 Å². The van der Waals surface area contributed by atoms with Crippen LogP contribution in [0.4, 0.5) is 0 Å². The molecule has 1 aromatic rings. The van der Waals surface area contributed by atoms with E-state index in [-0.39, 0.29) is 5.56 Å². The maximum absolute atomic E-state index is 11.1. The summed E-state index contributed by atoms with van der Waals surface area (Å²) in [4.78, 5) is 13.4. The van der Waals surface area contributed by atoms with Gasteiger partial charge >= 0.3 is 5.97 Å². The third kappa shape index (κ3) is 2.13. The summed E-state index contributed by atoms with van der Waals surface area (Å²) >= 11 is 0. The topological polar surface area (TPSA) is 49.8 Å². The molecule has 1 atom stereocenters. The Morgan fingerprint density at radius 2 is 2.18 bits per heavy atom. The molecule has 1 aliphatic rings. The highest BCUT2D eigenvalue weighted by atomic mass is 16.5. The van der Waals surface area contributed by atoms with Crippen molar-refractivity contribution in [2.24, 2.45) is 0 Å². The fraction of sp³-hybridized carbons (Fsp3) is 0.462. The minimum Gasteiger partial charge on any atom is -0.496 e. The van der Waals surface area contributed by atoms with Crippen LogP contribution in [0.5, 0.6) is 5.75 Å². The molecule has 1 N–H and O–H groups in total. The molecule has 92 valence electrons. The Kier molecular flexibility index (Phi) is 3.07. The van der Waals surface area contributed by atoms with Crippen molar-refractivity contribution in [1.82, 2.24) is 4.90 Å². The Morgan fingerprint density at radius 3 is 2.76 bits per heavy atom. The number of carbonyl (C=O) groups is 1. The number of ether oxygens (including phenoxy) is 1. The number of likely N-dealkylation sites (N-methyl/N-ethyl adjacent to an activating group) is 1. The second-order valence-electron chi connectivity index (χ2n) is 4.59. The zero-order valence-electron chi connectivity index (χ0n) is 10.4. The molecular formula is C13H17NO3. The number of benzene rings is 1. The molecule has 2 rings (SSSR count). The summed E-state index contributed by atoms with van der Waals surface area (Å²) in [7, 11) is 3.58. The van der Waals surface area contributed by atoms with Crippen LogP contribution in [0.3, 0.4) is 0 Å². The summed E-state index contributed by atoms with van der Waals surface area (Å²) < 4.78 is 5.14. The zero-order chi connectivity index (χ0) is 12.6. The summed E-state index contributed by atoms with van der Waals surface area (Å²) in [6.07, 6.45) is 0.885. The van der Waals surface area contributed by atoms with Gasteiger partial charge in [-0.25, -0.2) is 4.79 Å². The average Bonchev–Trinajstić information content (AvgIpc) is 2.29. The molecule has 1 aromatic carbocycles. The SMILES string of the molecule is COc1cc2c(cc1C(=O)O)CC(C)N(C)C2. The lowest BCUT2D eigenvalue weighted by Gasteiger charge is -2.32. The van der Waals surface area contributed by atoms with E-state index in [9.17, 15) is 4.79 Å². The van der Waals surface area contributed by atoms with Gasteiger partial charge in [-0.1, -0.05) is 0 Å². The number of nitrogens with zero attached hydrogens (tertiary/aromatic N) is 1. The Balaban J connectivity index is 2.48. The van der Waals surface area contributed by atoms with E-state index >= 15 is 0 Å². The second kappa shape index (κ2) is 4.37. The van der Waals surface area contributed by atoms with Crippen molar-refractivity contribution in [3.05, 3.63) is 28.8 Å². The van der Waals surface area contributed by atoms with Gasteiger partial charge in [0.1, 0.15) is 11.3 Å². The predicted octanol–water partition coefficient (Wildman–Crippen LogP) is 1.77. The second-order valence-corrected chi connectivity index (χ2v) is 4.59. The van der Waals surface area contributed by atoms with Crippen LogP contribution in [-0.4, -0.2) is 36.2 Å². The minimum atomic E-state index is -0.934. The molecular weight excluding hydrogens is 218 g/mol. The Morgan fingerprint density at radius 1 is 1.47 bits per heavy atom. The molecule has 17 heavy (non-hydrogen) atoms. The number of carboxylic acids is 1. The highest BCUT2D eigenvalue weighted by Crippen LogP contribution is 2.29. The molecule has 0 saturated heterocycles. The van der Waals surface area contributed by atoms with Crippen molar-refractivity contribution in [2.75, 3.05) is 14.2 Å². The van der Waals surface area contributed by atoms with Crippen LogP contribution in [0.15, 0.2) is 12.1 Å². The van der Waals surface area contributed by atoms with Crippen LogP contribution in [0, 0.1) is 0 Å². The van der Waals surface area contributed by atoms with Gasteiger partial charge in [0.05, 0.1) is 7.11 Å². The lowest BCUT2D eigenvalue weighted by molar-refractivity contribution is 0.0693. The maximum Gasteiger partial charge on any atom is 0.339 e. The summed E-state index contributed by atoms with van der Waals surface area (Å²) in [5.41, 5.74) is 2.53. The summed E-state index contributed by atoms with van der Waals surface area (Å²) in [5.74, 6) is -0.490. The normalized spacial score (nSPS) is 19.8. The molecule has 1 unspecified atom stereocenters. The van der Waals surface area contributed by atoms with Crippen molar-refractivity contribution < 1.29 is 14.6 Å². The molecule has 0 fully saturated rings. The van der Waals surface area contributed by atoms with E-state index in [1.807, 2.05) is 6.07 Å². The van der Waals surface area contributed by atoms with Crippen molar-refractivity contribution in [2.45, 2.75) is 25.9 Å². The molecule has 0 amide bonds. The van der Waals surface area contributed by atoms with E-state index in [0.29, 0.717) is 11.8 Å². The van der Waals surface area contributed by atoms with Crippen LogP contribution < -0.4 is 4.74 Å². The number of rotatable bonds is 2. The highest BCUT2D eigenvalue weighted by molar-refractivity contribution is 5.91. The number of carboxylic acid groups (broad SMARTS) is 1. The largest absolute Gasteiger partial charge is 0.496 e. The quantitative estimate of drug-likeness (QED) is 0.848. The van der Waals surface area contributed by atoms with Gasteiger partial charge in [-0.3, -0.25) is 4.90 Å². The molecule has 1 aliphatic heterocycles. The number of hydrogen-bond acceptors (Lipinski definition) is 3. The van der Waals surface area contributed by atoms with Gasteiger partial charge in [0.15, 0.2) is 0 Å².